The predicted molar refractivity (Wildman–Crippen MR) is 125 cm³/mol. The molecule has 0 saturated carbocycles. The van der Waals surface area contributed by atoms with Crippen molar-refractivity contribution >= 4 is 29.1 Å². The number of nitrogens with zero attached hydrogens (tertiary/aromatic N) is 1. The first-order chi connectivity index (χ1) is 15.7. The minimum Gasteiger partial charge on any atom is -0.482 e. The Morgan fingerprint density at radius 2 is 1.85 bits per heavy atom. The van der Waals surface area contributed by atoms with Crippen LogP contribution in [0.1, 0.15) is 35.5 Å². The summed E-state index contributed by atoms with van der Waals surface area (Å²) in [5, 5.41) is 0.703. The molecule has 0 spiro atoms. The molecule has 1 aromatic heterocycles. The van der Waals surface area contributed by atoms with Crippen molar-refractivity contribution in [2.45, 2.75) is 44.0 Å². The van der Waals surface area contributed by atoms with Gasteiger partial charge in [-0.15, -0.1) is 23.1 Å². The highest BCUT2D eigenvalue weighted by molar-refractivity contribution is 7.98. The second-order valence-electron chi connectivity index (χ2n) is 7.11. The fourth-order valence-corrected chi connectivity index (χ4v) is 5.21. The van der Waals surface area contributed by atoms with Gasteiger partial charge in [0, 0.05) is 21.1 Å². The number of rotatable bonds is 9. The van der Waals surface area contributed by atoms with Crippen LogP contribution >= 0.6 is 23.1 Å². The molecule has 9 heteroatoms. The van der Waals surface area contributed by atoms with E-state index in [-0.39, 0.29) is 6.61 Å². The highest BCUT2D eigenvalue weighted by atomic mass is 32.2. The number of carbonyl (C=O) groups excluding carboxylic acids is 1. The third-order valence-corrected chi connectivity index (χ3v) is 7.19. The topological polar surface area (TPSA) is 48.4 Å². The van der Waals surface area contributed by atoms with Gasteiger partial charge in [0.15, 0.2) is 6.61 Å². The molecule has 0 aliphatic rings. The monoisotopic (exact) mass is 495 g/mol. The lowest BCUT2D eigenvalue weighted by molar-refractivity contribution is -0.145. The molecule has 33 heavy (non-hydrogen) atoms. The van der Waals surface area contributed by atoms with E-state index in [9.17, 15) is 18.0 Å². The van der Waals surface area contributed by atoms with Crippen molar-refractivity contribution in [3.63, 3.8) is 0 Å². The number of hydrogen-bond acceptors (Lipinski definition) is 6. The second kappa shape index (κ2) is 11.1. The van der Waals surface area contributed by atoms with E-state index in [1.807, 2.05) is 32.0 Å². The Morgan fingerprint density at radius 3 is 2.48 bits per heavy atom. The zero-order valence-electron chi connectivity index (χ0n) is 18.5. The molecule has 1 heterocycles. The van der Waals surface area contributed by atoms with E-state index < -0.39 is 17.7 Å². The molecule has 0 atom stereocenters. The smallest absolute Gasteiger partial charge is 0.416 e. The van der Waals surface area contributed by atoms with Crippen LogP contribution < -0.4 is 4.74 Å². The molecular formula is C24H24F3NO3S2. The zero-order chi connectivity index (χ0) is 24.0. The van der Waals surface area contributed by atoms with Crippen LogP contribution in [-0.4, -0.2) is 24.2 Å². The maximum Gasteiger partial charge on any atom is 0.416 e. The van der Waals surface area contributed by atoms with Crippen LogP contribution in [0, 0.1) is 6.92 Å². The Morgan fingerprint density at radius 1 is 1.12 bits per heavy atom. The van der Waals surface area contributed by atoms with Gasteiger partial charge < -0.3 is 9.47 Å². The Balaban J connectivity index is 1.66. The average molecular weight is 496 g/mol. The summed E-state index contributed by atoms with van der Waals surface area (Å²) in [6.07, 6.45) is -3.60. The number of halogens is 3. The summed E-state index contributed by atoms with van der Waals surface area (Å²) in [4.78, 5) is 18.2. The number of esters is 1. The molecule has 0 aliphatic heterocycles. The molecule has 0 saturated heterocycles. The molecule has 0 N–H and O–H groups in total. The Labute approximate surface area is 199 Å². The van der Waals surface area contributed by atoms with Crippen molar-refractivity contribution in [1.82, 2.24) is 4.98 Å². The van der Waals surface area contributed by atoms with Crippen molar-refractivity contribution in [1.29, 1.82) is 0 Å². The number of hydrogen-bond donors (Lipinski definition) is 0. The molecule has 4 nitrogen and oxygen atoms in total. The third-order valence-electron chi connectivity index (χ3n) is 4.79. The molecule has 0 fully saturated rings. The van der Waals surface area contributed by atoms with E-state index in [0.29, 0.717) is 28.7 Å². The van der Waals surface area contributed by atoms with Gasteiger partial charge >= 0.3 is 12.1 Å². The van der Waals surface area contributed by atoms with Crippen molar-refractivity contribution < 1.29 is 27.4 Å². The Kier molecular flexibility index (Phi) is 8.42. The number of carbonyl (C=O) groups is 1. The molecule has 3 rings (SSSR count). The number of aromatic nitrogens is 1. The van der Waals surface area contributed by atoms with Crippen LogP contribution in [0.15, 0.2) is 47.4 Å². The quantitative estimate of drug-likeness (QED) is 0.238. The Hall–Kier alpha value is -2.52. The third kappa shape index (κ3) is 6.74. The second-order valence-corrected chi connectivity index (χ2v) is 9.24. The lowest BCUT2D eigenvalue weighted by atomic mass is 10.1. The van der Waals surface area contributed by atoms with E-state index >= 15 is 0 Å². The van der Waals surface area contributed by atoms with E-state index in [1.54, 1.807) is 18.7 Å². The van der Waals surface area contributed by atoms with Gasteiger partial charge in [0.05, 0.1) is 17.9 Å². The van der Waals surface area contributed by atoms with Crippen molar-refractivity contribution in [3.8, 4) is 16.3 Å². The minimum atomic E-state index is -4.35. The summed E-state index contributed by atoms with van der Waals surface area (Å²) in [5.41, 5.74) is 1.86. The summed E-state index contributed by atoms with van der Waals surface area (Å²) in [6.45, 7) is 5.86. The first-order valence-corrected chi connectivity index (χ1v) is 12.2. The van der Waals surface area contributed by atoms with E-state index in [2.05, 4.69) is 4.98 Å². The van der Waals surface area contributed by atoms with Crippen molar-refractivity contribution in [2.75, 3.05) is 13.2 Å². The zero-order valence-corrected chi connectivity index (χ0v) is 20.1. The molecule has 2 aromatic carbocycles. The SMILES string of the molecule is CCOC(=O)COc1ccc(SCc2sc(-c3ccc(C(F)(F)F)cc3)nc2C)cc1CC. The number of thiazole rings is 1. The lowest BCUT2D eigenvalue weighted by Crippen LogP contribution is -2.15. The van der Waals surface area contributed by atoms with Crippen LogP contribution in [0.3, 0.4) is 0 Å². The van der Waals surface area contributed by atoms with Crippen LogP contribution in [0.2, 0.25) is 0 Å². The fourth-order valence-electron chi connectivity index (χ4n) is 3.04. The highest BCUT2D eigenvalue weighted by Gasteiger charge is 2.30. The molecule has 0 radical (unpaired) electrons. The van der Waals surface area contributed by atoms with Crippen molar-refractivity contribution in [2.24, 2.45) is 0 Å². The first-order valence-electron chi connectivity index (χ1n) is 10.4. The van der Waals surface area contributed by atoms with Crippen LogP contribution in [0.5, 0.6) is 5.75 Å². The van der Waals surface area contributed by atoms with Gasteiger partial charge in [0.1, 0.15) is 10.8 Å². The molecule has 0 aliphatic carbocycles. The molecule has 0 amide bonds. The average Bonchev–Trinajstić information content (AvgIpc) is 3.16. The largest absolute Gasteiger partial charge is 0.482 e. The summed E-state index contributed by atoms with van der Waals surface area (Å²) in [6, 6.07) is 10.9. The summed E-state index contributed by atoms with van der Waals surface area (Å²) in [7, 11) is 0. The van der Waals surface area contributed by atoms with Crippen LogP contribution in [0.4, 0.5) is 13.2 Å². The van der Waals surface area contributed by atoms with Crippen LogP contribution in [0.25, 0.3) is 10.6 Å². The van der Waals surface area contributed by atoms with Gasteiger partial charge in [-0.25, -0.2) is 9.78 Å². The number of ether oxygens (including phenoxy) is 2. The number of aryl methyl sites for hydroxylation is 2. The fraction of sp³-hybridized carbons (Fsp3) is 0.333. The van der Waals surface area contributed by atoms with Gasteiger partial charge in [-0.05, 0) is 56.2 Å². The number of benzene rings is 2. The van der Waals surface area contributed by atoms with Crippen LogP contribution in [-0.2, 0) is 27.9 Å². The molecule has 176 valence electrons. The molecular weight excluding hydrogens is 471 g/mol. The summed E-state index contributed by atoms with van der Waals surface area (Å²) in [5.74, 6) is 0.951. The standard InChI is InChI=1S/C24H24F3NO3S2/c1-4-16-12-19(10-11-20(16)31-13-22(29)30-5-2)32-14-21-15(3)28-23(33-21)17-6-8-18(9-7-17)24(25,26)27/h6-12H,4-5,13-14H2,1-3H3. The van der Waals surface area contributed by atoms with Gasteiger partial charge in [0.2, 0.25) is 0 Å². The minimum absolute atomic E-state index is 0.125. The van der Waals surface area contributed by atoms with E-state index in [1.165, 1.54) is 23.5 Å². The van der Waals surface area contributed by atoms with Gasteiger partial charge in [-0.2, -0.15) is 13.2 Å². The lowest BCUT2D eigenvalue weighted by Gasteiger charge is -2.11. The highest BCUT2D eigenvalue weighted by Crippen LogP contribution is 2.36. The Bertz CT molecular complexity index is 1100. The normalized spacial score (nSPS) is 11.5. The summed E-state index contributed by atoms with van der Waals surface area (Å²) < 4.78 is 48.9. The maximum atomic E-state index is 12.8. The van der Waals surface area contributed by atoms with Crippen molar-refractivity contribution in [3.05, 3.63) is 64.2 Å². The predicted octanol–water partition coefficient (Wildman–Crippen LogP) is 6.93. The number of thioether (sulfide) groups is 1. The maximum absolute atomic E-state index is 12.8. The number of alkyl halides is 3. The first kappa shape index (κ1) is 25.1. The van der Waals surface area contributed by atoms with E-state index in [0.717, 1.165) is 39.6 Å². The molecule has 0 unspecified atom stereocenters. The van der Waals surface area contributed by atoms with E-state index in [4.69, 9.17) is 9.47 Å². The molecule has 0 bridgehead atoms. The van der Waals surface area contributed by atoms with Gasteiger partial charge in [0.25, 0.3) is 0 Å². The summed E-state index contributed by atoms with van der Waals surface area (Å²) >= 11 is 3.13. The molecule has 3 aromatic rings. The van der Waals surface area contributed by atoms with Gasteiger partial charge in [-0.3, -0.25) is 0 Å². The van der Waals surface area contributed by atoms with Gasteiger partial charge in [-0.1, -0.05) is 19.1 Å².